The van der Waals surface area contributed by atoms with E-state index >= 15 is 0 Å². The van der Waals surface area contributed by atoms with Gasteiger partial charge in [0.15, 0.2) is 0 Å². The van der Waals surface area contributed by atoms with Gasteiger partial charge in [-0.25, -0.2) is 0 Å². The van der Waals surface area contributed by atoms with Crippen molar-refractivity contribution in [2.24, 2.45) is 0 Å². The van der Waals surface area contributed by atoms with Crippen LogP contribution in [-0.2, 0) is 4.74 Å². The fourth-order valence-corrected chi connectivity index (χ4v) is 2.09. The third-order valence-electron chi connectivity index (χ3n) is 2.96. The molecule has 0 aliphatic carbocycles. The molecule has 0 spiro atoms. The molecule has 4 nitrogen and oxygen atoms in total. The van der Waals surface area contributed by atoms with Crippen LogP contribution in [0.1, 0.15) is 22.8 Å². The summed E-state index contributed by atoms with van der Waals surface area (Å²) in [7, 11) is 3.31. The molecular formula is C14H23NO3. The van der Waals surface area contributed by atoms with Crippen LogP contribution in [0.25, 0.3) is 0 Å². The van der Waals surface area contributed by atoms with E-state index in [1.54, 1.807) is 14.2 Å². The second-order valence-corrected chi connectivity index (χ2v) is 4.39. The average molecular weight is 253 g/mol. The van der Waals surface area contributed by atoms with Crippen molar-refractivity contribution in [2.45, 2.75) is 20.0 Å². The van der Waals surface area contributed by atoms with Crippen LogP contribution < -0.4 is 10.1 Å². The lowest BCUT2D eigenvalue weighted by atomic mass is 9.97. The lowest BCUT2D eigenvalue weighted by Crippen LogP contribution is -2.25. The van der Waals surface area contributed by atoms with Gasteiger partial charge in [-0.2, -0.15) is 0 Å². The van der Waals surface area contributed by atoms with Gasteiger partial charge >= 0.3 is 0 Å². The van der Waals surface area contributed by atoms with Crippen LogP contribution in [0.2, 0.25) is 0 Å². The first kappa shape index (κ1) is 15.0. The van der Waals surface area contributed by atoms with Gasteiger partial charge in [-0.3, -0.25) is 0 Å². The van der Waals surface area contributed by atoms with Crippen LogP contribution in [0.3, 0.4) is 0 Å². The monoisotopic (exact) mass is 253 g/mol. The molecule has 2 N–H and O–H groups in total. The van der Waals surface area contributed by atoms with E-state index in [0.717, 1.165) is 29.0 Å². The van der Waals surface area contributed by atoms with Gasteiger partial charge in [-0.15, -0.1) is 0 Å². The zero-order valence-electron chi connectivity index (χ0n) is 11.6. The maximum Gasteiger partial charge on any atom is 0.119 e. The first-order valence-corrected chi connectivity index (χ1v) is 6.13. The van der Waals surface area contributed by atoms with Gasteiger partial charge in [-0.1, -0.05) is 0 Å². The van der Waals surface area contributed by atoms with E-state index in [2.05, 4.69) is 5.32 Å². The highest BCUT2D eigenvalue weighted by molar-refractivity contribution is 5.42. The van der Waals surface area contributed by atoms with Gasteiger partial charge in [0.2, 0.25) is 0 Å². The number of nitrogens with one attached hydrogen (secondary N) is 1. The molecule has 1 unspecified atom stereocenters. The maximum absolute atomic E-state index is 10.2. The quantitative estimate of drug-likeness (QED) is 0.724. The van der Waals surface area contributed by atoms with Gasteiger partial charge in [0.25, 0.3) is 0 Å². The standard InChI is InChI=1S/C14H23NO3/c1-10-7-12(18-4)8-11(2)14(10)13(16)9-15-5-6-17-3/h7-8,13,15-16H,5-6,9H2,1-4H3. The molecule has 0 aliphatic rings. The summed E-state index contributed by atoms with van der Waals surface area (Å²) >= 11 is 0. The maximum atomic E-state index is 10.2. The number of methoxy groups -OCH3 is 2. The molecule has 1 aromatic carbocycles. The minimum absolute atomic E-state index is 0.507. The summed E-state index contributed by atoms with van der Waals surface area (Å²) in [6.07, 6.45) is -0.507. The van der Waals surface area contributed by atoms with E-state index in [0.29, 0.717) is 13.2 Å². The average Bonchev–Trinajstić information content (AvgIpc) is 2.33. The van der Waals surface area contributed by atoms with Crippen LogP contribution in [0.5, 0.6) is 5.75 Å². The zero-order chi connectivity index (χ0) is 13.5. The number of hydrogen-bond donors (Lipinski definition) is 2. The fraction of sp³-hybridized carbons (Fsp3) is 0.571. The molecule has 18 heavy (non-hydrogen) atoms. The van der Waals surface area contributed by atoms with Crippen LogP contribution in [0, 0.1) is 13.8 Å². The second kappa shape index (κ2) is 7.36. The van der Waals surface area contributed by atoms with E-state index < -0.39 is 6.10 Å². The lowest BCUT2D eigenvalue weighted by molar-refractivity contribution is 0.160. The van der Waals surface area contributed by atoms with Crippen LogP contribution in [-0.4, -0.2) is 39.0 Å². The van der Waals surface area contributed by atoms with Gasteiger partial charge in [-0.05, 0) is 42.7 Å². The second-order valence-electron chi connectivity index (χ2n) is 4.39. The first-order valence-electron chi connectivity index (χ1n) is 6.13. The van der Waals surface area contributed by atoms with E-state index in [1.807, 2.05) is 26.0 Å². The number of hydrogen-bond acceptors (Lipinski definition) is 4. The molecule has 0 aliphatic heterocycles. The van der Waals surface area contributed by atoms with Gasteiger partial charge in [0, 0.05) is 20.2 Å². The Morgan fingerprint density at radius 2 is 1.83 bits per heavy atom. The number of aliphatic hydroxyl groups is 1. The van der Waals surface area contributed by atoms with Gasteiger partial charge in [0.1, 0.15) is 5.75 Å². The third kappa shape index (κ3) is 3.98. The highest BCUT2D eigenvalue weighted by Gasteiger charge is 2.14. The lowest BCUT2D eigenvalue weighted by Gasteiger charge is -2.18. The summed E-state index contributed by atoms with van der Waals surface area (Å²) in [4.78, 5) is 0. The topological polar surface area (TPSA) is 50.7 Å². The largest absolute Gasteiger partial charge is 0.497 e. The van der Waals surface area contributed by atoms with E-state index in [4.69, 9.17) is 9.47 Å². The Morgan fingerprint density at radius 3 is 2.33 bits per heavy atom. The van der Waals surface area contributed by atoms with Crippen molar-refractivity contribution in [1.82, 2.24) is 5.32 Å². The molecule has 0 amide bonds. The first-order chi connectivity index (χ1) is 8.60. The Kier molecular flexibility index (Phi) is 6.12. The Bertz CT molecular complexity index is 356. The number of rotatable bonds is 7. The Labute approximate surface area is 109 Å². The molecule has 1 rings (SSSR count). The van der Waals surface area contributed by atoms with Crippen LogP contribution >= 0.6 is 0 Å². The Morgan fingerprint density at radius 1 is 1.22 bits per heavy atom. The SMILES string of the molecule is COCCNCC(O)c1c(C)cc(OC)cc1C. The third-order valence-corrected chi connectivity index (χ3v) is 2.96. The highest BCUT2D eigenvalue weighted by Crippen LogP contribution is 2.26. The molecule has 0 heterocycles. The normalized spacial score (nSPS) is 12.5. The molecule has 0 fully saturated rings. The number of benzene rings is 1. The summed E-state index contributed by atoms with van der Waals surface area (Å²) < 4.78 is 10.2. The smallest absolute Gasteiger partial charge is 0.119 e. The summed E-state index contributed by atoms with van der Waals surface area (Å²) in [5, 5.41) is 13.4. The molecule has 0 saturated heterocycles. The number of aliphatic hydroxyl groups excluding tert-OH is 1. The van der Waals surface area contributed by atoms with E-state index in [9.17, 15) is 5.11 Å². The summed E-state index contributed by atoms with van der Waals surface area (Å²) in [6, 6.07) is 3.89. The van der Waals surface area contributed by atoms with Gasteiger partial charge in [0.05, 0.1) is 19.8 Å². The molecule has 102 valence electrons. The molecule has 1 atom stereocenters. The fourth-order valence-electron chi connectivity index (χ4n) is 2.09. The van der Waals surface area contributed by atoms with Crippen molar-refractivity contribution in [1.29, 1.82) is 0 Å². The molecular weight excluding hydrogens is 230 g/mol. The number of aryl methyl sites for hydroxylation is 2. The zero-order valence-corrected chi connectivity index (χ0v) is 11.6. The minimum atomic E-state index is -0.507. The highest BCUT2D eigenvalue weighted by atomic mass is 16.5. The predicted molar refractivity (Wildman–Crippen MR) is 72.2 cm³/mol. The van der Waals surface area contributed by atoms with Crippen LogP contribution in [0.4, 0.5) is 0 Å². The van der Waals surface area contributed by atoms with Crippen molar-refractivity contribution in [3.05, 3.63) is 28.8 Å². The van der Waals surface area contributed by atoms with E-state index in [-0.39, 0.29) is 0 Å². The Hall–Kier alpha value is -1.10. The molecule has 0 aromatic heterocycles. The Balaban J connectivity index is 2.70. The summed E-state index contributed by atoms with van der Waals surface area (Å²) in [5.74, 6) is 0.827. The van der Waals surface area contributed by atoms with Gasteiger partial charge < -0.3 is 19.9 Å². The molecule has 0 radical (unpaired) electrons. The summed E-state index contributed by atoms with van der Waals surface area (Å²) in [5.41, 5.74) is 3.07. The molecule has 4 heteroatoms. The summed E-state index contributed by atoms with van der Waals surface area (Å²) in [6.45, 7) is 5.89. The molecule has 1 aromatic rings. The number of ether oxygens (including phenoxy) is 2. The predicted octanol–water partition coefficient (Wildman–Crippen LogP) is 1.58. The molecule has 0 bridgehead atoms. The molecule has 0 saturated carbocycles. The van der Waals surface area contributed by atoms with Crippen molar-refractivity contribution in [3.63, 3.8) is 0 Å². The van der Waals surface area contributed by atoms with E-state index in [1.165, 1.54) is 0 Å². The van der Waals surface area contributed by atoms with Crippen LogP contribution in [0.15, 0.2) is 12.1 Å². The van der Waals surface area contributed by atoms with Crippen molar-refractivity contribution in [3.8, 4) is 5.75 Å². The van der Waals surface area contributed by atoms with Crippen molar-refractivity contribution < 1.29 is 14.6 Å². The minimum Gasteiger partial charge on any atom is -0.497 e. The van der Waals surface area contributed by atoms with Crippen molar-refractivity contribution >= 4 is 0 Å². The van der Waals surface area contributed by atoms with Crippen molar-refractivity contribution in [2.75, 3.05) is 33.9 Å².